The van der Waals surface area contributed by atoms with Crippen LogP contribution in [0.5, 0.6) is 5.75 Å². The van der Waals surface area contributed by atoms with Crippen molar-refractivity contribution < 1.29 is 31.8 Å². The SMILES string of the molecule is COCC(C)OC(=O)c1cc(F)c(OC)c(S(=O)(=O)Cl)c1. The van der Waals surface area contributed by atoms with Gasteiger partial charge in [-0.3, -0.25) is 0 Å². The third-order valence-electron chi connectivity index (χ3n) is 2.42. The summed E-state index contributed by atoms with van der Waals surface area (Å²) in [5.41, 5.74) is -0.296. The van der Waals surface area contributed by atoms with Crippen molar-refractivity contribution in [3.63, 3.8) is 0 Å². The van der Waals surface area contributed by atoms with Crippen molar-refractivity contribution in [2.75, 3.05) is 20.8 Å². The molecule has 0 amide bonds. The van der Waals surface area contributed by atoms with Crippen LogP contribution in [0.4, 0.5) is 4.39 Å². The molecule has 1 rings (SSSR count). The number of rotatable bonds is 6. The molecule has 0 aliphatic heterocycles. The molecular formula is C12H14ClFO6S. The summed E-state index contributed by atoms with van der Waals surface area (Å²) >= 11 is 0. The normalized spacial score (nSPS) is 12.8. The first kappa shape index (κ1) is 17.7. The second kappa shape index (κ2) is 7.06. The van der Waals surface area contributed by atoms with E-state index >= 15 is 0 Å². The molecule has 0 aromatic heterocycles. The van der Waals surface area contributed by atoms with E-state index in [-0.39, 0.29) is 12.2 Å². The summed E-state index contributed by atoms with van der Waals surface area (Å²) in [4.78, 5) is 11.2. The van der Waals surface area contributed by atoms with Gasteiger partial charge in [0.05, 0.1) is 19.3 Å². The van der Waals surface area contributed by atoms with Crippen LogP contribution in [0.15, 0.2) is 17.0 Å². The van der Waals surface area contributed by atoms with Crippen molar-refractivity contribution in [3.05, 3.63) is 23.5 Å². The number of carbonyl (C=O) groups is 1. The fraction of sp³-hybridized carbons (Fsp3) is 0.417. The Hall–Kier alpha value is -1.38. The monoisotopic (exact) mass is 340 g/mol. The minimum Gasteiger partial charge on any atom is -0.492 e. The Morgan fingerprint density at radius 3 is 2.48 bits per heavy atom. The van der Waals surface area contributed by atoms with E-state index in [0.717, 1.165) is 19.2 Å². The second-order valence-corrected chi connectivity index (χ2v) is 6.63. The maximum absolute atomic E-state index is 13.8. The first-order chi connectivity index (χ1) is 9.70. The highest BCUT2D eigenvalue weighted by atomic mass is 35.7. The van der Waals surface area contributed by atoms with Gasteiger partial charge in [0.15, 0.2) is 11.6 Å². The summed E-state index contributed by atoms with van der Waals surface area (Å²) in [6.45, 7) is 1.71. The first-order valence-electron chi connectivity index (χ1n) is 5.72. The van der Waals surface area contributed by atoms with E-state index < -0.39 is 37.6 Å². The summed E-state index contributed by atoms with van der Waals surface area (Å²) in [5, 5.41) is 0. The predicted molar refractivity (Wildman–Crippen MR) is 72.7 cm³/mol. The van der Waals surface area contributed by atoms with Gasteiger partial charge in [-0.05, 0) is 19.1 Å². The fourth-order valence-electron chi connectivity index (χ4n) is 1.58. The number of esters is 1. The largest absolute Gasteiger partial charge is 0.492 e. The molecule has 0 bridgehead atoms. The molecule has 1 atom stereocenters. The Labute approximate surface area is 126 Å². The topological polar surface area (TPSA) is 78.9 Å². The van der Waals surface area contributed by atoms with Crippen LogP contribution in [0.1, 0.15) is 17.3 Å². The maximum Gasteiger partial charge on any atom is 0.338 e. The molecule has 0 saturated heterocycles. The Kier molecular flexibility index (Phi) is 5.94. The van der Waals surface area contributed by atoms with Gasteiger partial charge in [0, 0.05) is 17.8 Å². The molecule has 0 saturated carbocycles. The highest BCUT2D eigenvalue weighted by molar-refractivity contribution is 8.13. The van der Waals surface area contributed by atoms with E-state index in [1.165, 1.54) is 7.11 Å². The molecular weight excluding hydrogens is 327 g/mol. The van der Waals surface area contributed by atoms with Crippen LogP contribution in [-0.2, 0) is 18.5 Å². The van der Waals surface area contributed by atoms with Crippen molar-refractivity contribution in [2.24, 2.45) is 0 Å². The highest BCUT2D eigenvalue weighted by Gasteiger charge is 2.24. The lowest BCUT2D eigenvalue weighted by atomic mass is 10.2. The minimum atomic E-state index is -4.29. The van der Waals surface area contributed by atoms with Crippen LogP contribution in [0.25, 0.3) is 0 Å². The fourth-order valence-corrected chi connectivity index (χ4v) is 2.60. The van der Waals surface area contributed by atoms with Gasteiger partial charge in [0.2, 0.25) is 0 Å². The standard InChI is InChI=1S/C12H14ClFO6S/c1-7(6-18-2)20-12(15)8-4-9(14)11(19-3)10(5-8)21(13,16)17/h4-5,7H,6H2,1-3H3. The van der Waals surface area contributed by atoms with Crippen LogP contribution >= 0.6 is 10.7 Å². The van der Waals surface area contributed by atoms with Crippen LogP contribution < -0.4 is 4.74 Å². The van der Waals surface area contributed by atoms with Gasteiger partial charge in [-0.25, -0.2) is 17.6 Å². The number of benzene rings is 1. The number of ether oxygens (including phenoxy) is 3. The number of carbonyl (C=O) groups excluding carboxylic acids is 1. The van der Waals surface area contributed by atoms with E-state index in [1.807, 2.05) is 0 Å². The number of methoxy groups -OCH3 is 2. The zero-order valence-electron chi connectivity index (χ0n) is 11.6. The summed E-state index contributed by atoms with van der Waals surface area (Å²) < 4.78 is 51.0. The summed E-state index contributed by atoms with van der Waals surface area (Å²) in [7, 11) is 3.42. The van der Waals surface area contributed by atoms with E-state index in [9.17, 15) is 17.6 Å². The Morgan fingerprint density at radius 2 is 2.00 bits per heavy atom. The molecule has 0 heterocycles. The van der Waals surface area contributed by atoms with E-state index in [0.29, 0.717) is 0 Å². The molecule has 0 aliphatic carbocycles. The van der Waals surface area contributed by atoms with Crippen molar-refractivity contribution in [3.8, 4) is 5.75 Å². The first-order valence-corrected chi connectivity index (χ1v) is 8.03. The Morgan fingerprint density at radius 1 is 1.38 bits per heavy atom. The number of hydrogen-bond donors (Lipinski definition) is 0. The molecule has 118 valence electrons. The number of hydrogen-bond acceptors (Lipinski definition) is 6. The molecule has 0 spiro atoms. The predicted octanol–water partition coefficient (Wildman–Crippen LogP) is 1.95. The Bertz CT molecular complexity index is 631. The van der Waals surface area contributed by atoms with Gasteiger partial charge in [-0.2, -0.15) is 0 Å². The van der Waals surface area contributed by atoms with Crippen LogP contribution in [0, 0.1) is 5.82 Å². The molecule has 0 N–H and O–H groups in total. The second-order valence-electron chi connectivity index (χ2n) is 4.10. The lowest BCUT2D eigenvalue weighted by Crippen LogP contribution is -2.20. The van der Waals surface area contributed by atoms with E-state index in [2.05, 4.69) is 4.74 Å². The molecule has 21 heavy (non-hydrogen) atoms. The van der Waals surface area contributed by atoms with Gasteiger partial charge in [0.1, 0.15) is 11.0 Å². The maximum atomic E-state index is 13.8. The summed E-state index contributed by atoms with van der Waals surface area (Å²) in [6.07, 6.45) is -0.580. The zero-order valence-corrected chi connectivity index (χ0v) is 13.1. The van der Waals surface area contributed by atoms with Crippen LogP contribution in [-0.4, -0.2) is 41.3 Å². The quantitative estimate of drug-likeness (QED) is 0.582. The van der Waals surface area contributed by atoms with Crippen molar-refractivity contribution in [1.29, 1.82) is 0 Å². The van der Waals surface area contributed by atoms with Gasteiger partial charge in [-0.1, -0.05) is 0 Å². The van der Waals surface area contributed by atoms with Crippen LogP contribution in [0.3, 0.4) is 0 Å². The van der Waals surface area contributed by atoms with Crippen molar-refractivity contribution in [2.45, 2.75) is 17.9 Å². The van der Waals surface area contributed by atoms with Crippen molar-refractivity contribution in [1.82, 2.24) is 0 Å². The molecule has 0 radical (unpaired) electrons. The Balaban J connectivity index is 3.22. The van der Waals surface area contributed by atoms with Crippen molar-refractivity contribution >= 4 is 25.7 Å². The summed E-state index contributed by atoms with van der Waals surface area (Å²) in [5.74, 6) is -2.50. The average Bonchev–Trinajstić information content (AvgIpc) is 2.36. The molecule has 0 fully saturated rings. The molecule has 9 heteroatoms. The van der Waals surface area contributed by atoms with Gasteiger partial charge >= 0.3 is 5.97 Å². The number of halogens is 2. The van der Waals surface area contributed by atoms with Gasteiger partial charge in [-0.15, -0.1) is 0 Å². The minimum absolute atomic E-state index is 0.144. The smallest absolute Gasteiger partial charge is 0.338 e. The molecule has 1 unspecified atom stereocenters. The molecule has 1 aromatic carbocycles. The third-order valence-corrected chi connectivity index (χ3v) is 3.75. The van der Waals surface area contributed by atoms with Gasteiger partial charge in [0.25, 0.3) is 9.05 Å². The van der Waals surface area contributed by atoms with E-state index in [1.54, 1.807) is 6.92 Å². The molecule has 6 nitrogen and oxygen atoms in total. The highest BCUT2D eigenvalue weighted by Crippen LogP contribution is 2.31. The van der Waals surface area contributed by atoms with E-state index in [4.69, 9.17) is 20.2 Å². The van der Waals surface area contributed by atoms with Crippen LogP contribution in [0.2, 0.25) is 0 Å². The average molecular weight is 341 g/mol. The lowest BCUT2D eigenvalue weighted by Gasteiger charge is -2.13. The molecule has 0 aliphatic rings. The zero-order chi connectivity index (χ0) is 16.2. The third kappa shape index (κ3) is 4.55. The molecule has 1 aromatic rings. The summed E-state index contributed by atoms with van der Waals surface area (Å²) in [6, 6.07) is 1.71. The van der Waals surface area contributed by atoms with Gasteiger partial charge < -0.3 is 14.2 Å². The lowest BCUT2D eigenvalue weighted by molar-refractivity contribution is 0.0119.